The maximum atomic E-state index is 12.1. The quantitative estimate of drug-likeness (QED) is 0.884. The van der Waals surface area contributed by atoms with Crippen LogP contribution in [-0.2, 0) is 17.2 Å². The minimum atomic E-state index is -0.245. The normalized spacial score (nSPS) is 11.8. The molecule has 4 nitrogen and oxygen atoms in total. The van der Waals surface area contributed by atoms with E-state index in [0.29, 0.717) is 0 Å². The number of benzene rings is 1. The Kier molecular flexibility index (Phi) is 4.04. The van der Waals surface area contributed by atoms with Crippen LogP contribution in [-0.4, -0.2) is 21.0 Å². The molecule has 0 unspecified atom stereocenters. The third kappa shape index (κ3) is 3.31. The minimum absolute atomic E-state index is 0.0382. The number of nitrogens with one attached hydrogen (secondary N) is 1. The Morgan fingerprint density at radius 3 is 2.70 bits per heavy atom. The standard InChI is InChI=1S/C15H20ClN3O/c1-10-5-6-12-11(7-10)17-13(8-16)19(12)9-14(20)18-15(2,3)4/h5-7H,8-9H2,1-4H3,(H,18,20). The van der Waals surface area contributed by atoms with Gasteiger partial charge >= 0.3 is 0 Å². The van der Waals surface area contributed by atoms with E-state index in [1.165, 1.54) is 0 Å². The molecule has 0 spiro atoms. The lowest BCUT2D eigenvalue weighted by Gasteiger charge is -2.21. The molecule has 20 heavy (non-hydrogen) atoms. The molecule has 0 saturated heterocycles. The monoisotopic (exact) mass is 293 g/mol. The van der Waals surface area contributed by atoms with E-state index in [1.807, 2.05) is 50.5 Å². The van der Waals surface area contributed by atoms with Gasteiger partial charge in [0.1, 0.15) is 12.4 Å². The number of hydrogen-bond acceptors (Lipinski definition) is 2. The number of rotatable bonds is 3. The topological polar surface area (TPSA) is 46.9 Å². The molecule has 0 radical (unpaired) electrons. The fourth-order valence-electron chi connectivity index (χ4n) is 2.17. The van der Waals surface area contributed by atoms with Gasteiger partial charge in [-0.05, 0) is 45.4 Å². The van der Waals surface area contributed by atoms with Crippen LogP contribution in [0.1, 0.15) is 32.2 Å². The van der Waals surface area contributed by atoms with Crippen LogP contribution < -0.4 is 5.32 Å². The Labute approximate surface area is 124 Å². The summed E-state index contributed by atoms with van der Waals surface area (Å²) >= 11 is 5.94. The maximum absolute atomic E-state index is 12.1. The first-order valence-electron chi connectivity index (χ1n) is 6.63. The number of amides is 1. The first-order valence-corrected chi connectivity index (χ1v) is 7.16. The van der Waals surface area contributed by atoms with Gasteiger partial charge in [0.25, 0.3) is 0 Å². The Balaban J connectivity index is 2.35. The van der Waals surface area contributed by atoms with E-state index in [4.69, 9.17) is 11.6 Å². The summed E-state index contributed by atoms with van der Waals surface area (Å²) in [7, 11) is 0. The number of carbonyl (C=O) groups excluding carboxylic acids is 1. The summed E-state index contributed by atoms with van der Waals surface area (Å²) in [6.45, 7) is 8.14. The lowest BCUT2D eigenvalue weighted by molar-refractivity contribution is -0.123. The molecule has 1 heterocycles. The summed E-state index contributed by atoms with van der Waals surface area (Å²) in [5, 5.41) is 2.95. The molecule has 2 rings (SSSR count). The van der Waals surface area contributed by atoms with Crippen LogP contribution in [0.4, 0.5) is 0 Å². The van der Waals surface area contributed by atoms with Crippen molar-refractivity contribution in [2.45, 2.75) is 45.7 Å². The van der Waals surface area contributed by atoms with E-state index >= 15 is 0 Å². The Morgan fingerprint density at radius 2 is 2.10 bits per heavy atom. The lowest BCUT2D eigenvalue weighted by atomic mass is 10.1. The van der Waals surface area contributed by atoms with Gasteiger partial charge in [-0.2, -0.15) is 0 Å². The van der Waals surface area contributed by atoms with Gasteiger partial charge in [-0.1, -0.05) is 6.07 Å². The van der Waals surface area contributed by atoms with Gasteiger partial charge in [0.15, 0.2) is 0 Å². The van der Waals surface area contributed by atoms with Gasteiger partial charge in [0.05, 0.1) is 16.9 Å². The zero-order chi connectivity index (χ0) is 14.9. The second-order valence-corrected chi connectivity index (χ2v) is 6.31. The summed E-state index contributed by atoms with van der Waals surface area (Å²) in [5.74, 6) is 0.969. The molecule has 1 aromatic heterocycles. The van der Waals surface area contributed by atoms with Crippen molar-refractivity contribution in [3.8, 4) is 0 Å². The van der Waals surface area contributed by atoms with Gasteiger partial charge in [-0.25, -0.2) is 4.98 Å². The van der Waals surface area contributed by atoms with Gasteiger partial charge in [-0.15, -0.1) is 11.6 Å². The van der Waals surface area contributed by atoms with Crippen molar-refractivity contribution >= 4 is 28.5 Å². The van der Waals surface area contributed by atoms with Crippen LogP contribution in [0.5, 0.6) is 0 Å². The summed E-state index contributed by atoms with van der Waals surface area (Å²) in [6, 6.07) is 6.00. The number of aryl methyl sites for hydroxylation is 1. The van der Waals surface area contributed by atoms with E-state index in [1.54, 1.807) is 0 Å². The molecule has 2 aromatic rings. The van der Waals surface area contributed by atoms with Gasteiger partial charge in [-0.3, -0.25) is 4.79 Å². The van der Waals surface area contributed by atoms with E-state index < -0.39 is 0 Å². The van der Waals surface area contributed by atoms with Gasteiger partial charge in [0.2, 0.25) is 5.91 Å². The van der Waals surface area contributed by atoms with Crippen molar-refractivity contribution in [3.63, 3.8) is 0 Å². The molecule has 1 aromatic carbocycles. The number of nitrogens with zero attached hydrogens (tertiary/aromatic N) is 2. The molecule has 1 amide bonds. The van der Waals surface area contributed by atoms with Crippen molar-refractivity contribution in [1.29, 1.82) is 0 Å². The average Bonchev–Trinajstić information content (AvgIpc) is 2.64. The number of aromatic nitrogens is 2. The molecular formula is C15H20ClN3O. The van der Waals surface area contributed by atoms with Crippen LogP contribution >= 0.6 is 11.6 Å². The van der Waals surface area contributed by atoms with Gasteiger partial charge < -0.3 is 9.88 Å². The van der Waals surface area contributed by atoms with Crippen molar-refractivity contribution < 1.29 is 4.79 Å². The zero-order valence-electron chi connectivity index (χ0n) is 12.3. The smallest absolute Gasteiger partial charge is 0.240 e. The number of carbonyl (C=O) groups is 1. The second kappa shape index (κ2) is 5.44. The Hall–Kier alpha value is -1.55. The summed E-state index contributed by atoms with van der Waals surface area (Å²) in [5.41, 5.74) is 2.72. The molecule has 0 fully saturated rings. The molecule has 0 aliphatic rings. The Bertz CT molecular complexity index is 640. The highest BCUT2D eigenvalue weighted by Gasteiger charge is 2.17. The number of hydrogen-bond donors (Lipinski definition) is 1. The number of imidazole rings is 1. The largest absolute Gasteiger partial charge is 0.350 e. The van der Waals surface area contributed by atoms with E-state index in [0.717, 1.165) is 22.4 Å². The number of alkyl halides is 1. The minimum Gasteiger partial charge on any atom is -0.350 e. The van der Waals surface area contributed by atoms with E-state index in [9.17, 15) is 4.79 Å². The zero-order valence-corrected chi connectivity index (χ0v) is 13.1. The average molecular weight is 294 g/mol. The van der Waals surface area contributed by atoms with Crippen molar-refractivity contribution in [2.24, 2.45) is 0 Å². The van der Waals surface area contributed by atoms with E-state index in [-0.39, 0.29) is 23.9 Å². The predicted molar refractivity (Wildman–Crippen MR) is 81.9 cm³/mol. The van der Waals surface area contributed by atoms with Crippen molar-refractivity contribution in [3.05, 3.63) is 29.6 Å². The van der Waals surface area contributed by atoms with Crippen molar-refractivity contribution in [1.82, 2.24) is 14.9 Å². The second-order valence-electron chi connectivity index (χ2n) is 6.04. The molecule has 0 saturated carbocycles. The molecule has 5 heteroatoms. The highest BCUT2D eigenvalue weighted by Crippen LogP contribution is 2.19. The highest BCUT2D eigenvalue weighted by molar-refractivity contribution is 6.16. The molecule has 0 aliphatic heterocycles. The third-order valence-electron chi connectivity index (χ3n) is 2.92. The lowest BCUT2D eigenvalue weighted by Crippen LogP contribution is -2.42. The van der Waals surface area contributed by atoms with Gasteiger partial charge in [0, 0.05) is 5.54 Å². The fraction of sp³-hybridized carbons (Fsp3) is 0.467. The Morgan fingerprint density at radius 1 is 1.40 bits per heavy atom. The molecule has 108 valence electrons. The fourth-order valence-corrected chi connectivity index (χ4v) is 2.37. The first kappa shape index (κ1) is 14.9. The molecule has 0 aliphatic carbocycles. The van der Waals surface area contributed by atoms with Crippen LogP contribution in [0, 0.1) is 6.92 Å². The molecular weight excluding hydrogens is 274 g/mol. The van der Waals surface area contributed by atoms with Crippen LogP contribution in [0.15, 0.2) is 18.2 Å². The maximum Gasteiger partial charge on any atom is 0.240 e. The molecule has 0 bridgehead atoms. The highest BCUT2D eigenvalue weighted by atomic mass is 35.5. The van der Waals surface area contributed by atoms with E-state index in [2.05, 4.69) is 10.3 Å². The third-order valence-corrected chi connectivity index (χ3v) is 3.16. The molecule has 0 atom stereocenters. The summed E-state index contributed by atoms with van der Waals surface area (Å²) < 4.78 is 1.88. The van der Waals surface area contributed by atoms with Crippen molar-refractivity contribution in [2.75, 3.05) is 0 Å². The predicted octanol–water partition coefficient (Wildman–Crippen LogP) is 3.00. The SMILES string of the molecule is Cc1ccc2c(c1)nc(CCl)n2CC(=O)NC(C)(C)C. The number of halogens is 1. The van der Waals surface area contributed by atoms with Crippen LogP contribution in [0.3, 0.4) is 0 Å². The van der Waals surface area contributed by atoms with Crippen LogP contribution in [0.25, 0.3) is 11.0 Å². The summed E-state index contributed by atoms with van der Waals surface area (Å²) in [6.07, 6.45) is 0. The summed E-state index contributed by atoms with van der Waals surface area (Å²) in [4.78, 5) is 16.6. The molecule has 1 N–H and O–H groups in total. The van der Waals surface area contributed by atoms with Crippen LogP contribution in [0.2, 0.25) is 0 Å². The number of fused-ring (bicyclic) bond motifs is 1. The first-order chi connectivity index (χ1) is 9.30.